The van der Waals surface area contributed by atoms with E-state index in [1.807, 2.05) is 19.1 Å². The van der Waals surface area contributed by atoms with Crippen molar-refractivity contribution in [2.75, 3.05) is 25.0 Å². The van der Waals surface area contributed by atoms with Crippen LogP contribution in [0.15, 0.2) is 18.2 Å². The van der Waals surface area contributed by atoms with Crippen LogP contribution in [0.4, 0.5) is 5.69 Å². The molecule has 18 heavy (non-hydrogen) atoms. The van der Waals surface area contributed by atoms with E-state index in [1.54, 1.807) is 6.07 Å². The molecule has 0 saturated carbocycles. The highest BCUT2D eigenvalue weighted by Gasteiger charge is 2.07. The standard InChI is InChI=1S/C14H21ClN2O/c1-4-17(5-2)9-8-14(18)16-13-10-12(15)7-6-11(13)3/h6-7,10H,4-5,8-9H2,1-3H3,(H,16,18). The number of carbonyl (C=O) groups is 1. The van der Waals surface area contributed by atoms with Crippen LogP contribution < -0.4 is 5.32 Å². The van der Waals surface area contributed by atoms with Crippen LogP contribution in [0.5, 0.6) is 0 Å². The van der Waals surface area contributed by atoms with E-state index in [4.69, 9.17) is 11.6 Å². The van der Waals surface area contributed by atoms with Gasteiger partial charge in [-0.1, -0.05) is 31.5 Å². The van der Waals surface area contributed by atoms with Crippen molar-refractivity contribution >= 4 is 23.2 Å². The zero-order valence-corrected chi connectivity index (χ0v) is 12.0. The van der Waals surface area contributed by atoms with Gasteiger partial charge in [-0.3, -0.25) is 4.79 Å². The molecule has 0 fully saturated rings. The Bertz CT molecular complexity index is 403. The lowest BCUT2D eigenvalue weighted by atomic mass is 10.2. The van der Waals surface area contributed by atoms with Crippen molar-refractivity contribution in [2.24, 2.45) is 0 Å². The van der Waals surface area contributed by atoms with Gasteiger partial charge >= 0.3 is 0 Å². The van der Waals surface area contributed by atoms with Gasteiger partial charge in [-0.05, 0) is 37.7 Å². The Hall–Kier alpha value is -1.06. The Labute approximate surface area is 114 Å². The maximum Gasteiger partial charge on any atom is 0.225 e. The largest absolute Gasteiger partial charge is 0.326 e. The summed E-state index contributed by atoms with van der Waals surface area (Å²) < 4.78 is 0. The van der Waals surface area contributed by atoms with Crippen LogP contribution >= 0.6 is 11.6 Å². The average molecular weight is 269 g/mol. The summed E-state index contributed by atoms with van der Waals surface area (Å²) in [5.74, 6) is 0.0345. The number of aryl methyl sites for hydroxylation is 1. The van der Waals surface area contributed by atoms with Gasteiger partial charge in [0.2, 0.25) is 5.91 Å². The maximum atomic E-state index is 11.8. The normalized spacial score (nSPS) is 10.7. The Kier molecular flexibility index (Phi) is 6.16. The van der Waals surface area contributed by atoms with Gasteiger partial charge in [-0.25, -0.2) is 0 Å². The molecule has 3 nitrogen and oxygen atoms in total. The molecule has 1 rings (SSSR count). The molecule has 0 aromatic heterocycles. The quantitative estimate of drug-likeness (QED) is 0.858. The fourth-order valence-corrected chi connectivity index (χ4v) is 1.91. The lowest BCUT2D eigenvalue weighted by Crippen LogP contribution is -2.27. The minimum Gasteiger partial charge on any atom is -0.326 e. The molecule has 1 N–H and O–H groups in total. The summed E-state index contributed by atoms with van der Waals surface area (Å²) in [7, 11) is 0. The van der Waals surface area contributed by atoms with E-state index >= 15 is 0 Å². The molecule has 0 unspecified atom stereocenters. The Morgan fingerprint density at radius 2 is 2.00 bits per heavy atom. The van der Waals surface area contributed by atoms with Crippen LogP contribution in [0.3, 0.4) is 0 Å². The highest BCUT2D eigenvalue weighted by atomic mass is 35.5. The van der Waals surface area contributed by atoms with Crippen molar-refractivity contribution in [3.63, 3.8) is 0 Å². The van der Waals surface area contributed by atoms with E-state index in [1.165, 1.54) is 0 Å². The van der Waals surface area contributed by atoms with Gasteiger partial charge in [-0.2, -0.15) is 0 Å². The second-order valence-electron chi connectivity index (χ2n) is 4.28. The van der Waals surface area contributed by atoms with E-state index in [2.05, 4.69) is 24.1 Å². The number of rotatable bonds is 6. The molecule has 100 valence electrons. The topological polar surface area (TPSA) is 32.3 Å². The summed E-state index contributed by atoms with van der Waals surface area (Å²) in [4.78, 5) is 14.1. The number of benzene rings is 1. The van der Waals surface area contributed by atoms with Crippen LogP contribution in [0.1, 0.15) is 25.8 Å². The molecule has 0 heterocycles. The lowest BCUT2D eigenvalue weighted by molar-refractivity contribution is -0.116. The highest BCUT2D eigenvalue weighted by Crippen LogP contribution is 2.20. The number of hydrogen-bond donors (Lipinski definition) is 1. The van der Waals surface area contributed by atoms with Crippen molar-refractivity contribution in [3.05, 3.63) is 28.8 Å². The first-order valence-corrected chi connectivity index (χ1v) is 6.73. The second-order valence-corrected chi connectivity index (χ2v) is 4.72. The number of nitrogens with one attached hydrogen (secondary N) is 1. The first-order chi connectivity index (χ1) is 8.56. The molecule has 0 aliphatic carbocycles. The third-order valence-electron chi connectivity index (χ3n) is 3.02. The van der Waals surface area contributed by atoms with Crippen molar-refractivity contribution in [1.29, 1.82) is 0 Å². The number of anilines is 1. The number of nitrogens with zero attached hydrogens (tertiary/aromatic N) is 1. The van der Waals surface area contributed by atoms with E-state index in [9.17, 15) is 4.79 Å². The van der Waals surface area contributed by atoms with E-state index in [0.717, 1.165) is 30.9 Å². The Morgan fingerprint density at radius 1 is 1.33 bits per heavy atom. The monoisotopic (exact) mass is 268 g/mol. The molecule has 0 saturated heterocycles. The van der Waals surface area contributed by atoms with Gasteiger partial charge in [0.1, 0.15) is 0 Å². The fourth-order valence-electron chi connectivity index (χ4n) is 1.74. The predicted molar refractivity (Wildman–Crippen MR) is 77.2 cm³/mol. The summed E-state index contributed by atoms with van der Waals surface area (Å²) in [5.41, 5.74) is 1.82. The molecule has 1 aromatic rings. The predicted octanol–water partition coefficient (Wildman–Crippen LogP) is 3.32. The van der Waals surface area contributed by atoms with Crippen LogP contribution in [-0.4, -0.2) is 30.4 Å². The zero-order valence-electron chi connectivity index (χ0n) is 11.3. The van der Waals surface area contributed by atoms with Gasteiger partial charge in [0.25, 0.3) is 0 Å². The summed E-state index contributed by atoms with van der Waals surface area (Å²) in [6, 6.07) is 5.51. The molecular formula is C14H21ClN2O. The maximum absolute atomic E-state index is 11.8. The third kappa shape index (κ3) is 4.67. The van der Waals surface area contributed by atoms with Crippen LogP contribution in [0, 0.1) is 6.92 Å². The molecule has 0 aliphatic heterocycles. The first kappa shape index (κ1) is 15.0. The molecular weight excluding hydrogens is 248 g/mol. The van der Waals surface area contributed by atoms with Crippen molar-refractivity contribution in [1.82, 2.24) is 4.90 Å². The summed E-state index contributed by atoms with van der Waals surface area (Å²) in [6.45, 7) is 8.89. The second kappa shape index (κ2) is 7.39. The van der Waals surface area contributed by atoms with Gasteiger partial charge in [0.05, 0.1) is 0 Å². The molecule has 0 aliphatic rings. The zero-order chi connectivity index (χ0) is 13.5. The number of hydrogen-bond acceptors (Lipinski definition) is 2. The van der Waals surface area contributed by atoms with E-state index in [-0.39, 0.29) is 5.91 Å². The Morgan fingerprint density at radius 3 is 2.61 bits per heavy atom. The molecule has 0 bridgehead atoms. The highest BCUT2D eigenvalue weighted by molar-refractivity contribution is 6.31. The summed E-state index contributed by atoms with van der Waals surface area (Å²) >= 11 is 5.91. The first-order valence-electron chi connectivity index (χ1n) is 6.35. The summed E-state index contributed by atoms with van der Waals surface area (Å²) in [5, 5.41) is 3.54. The molecule has 4 heteroatoms. The molecule has 1 aromatic carbocycles. The average Bonchev–Trinajstić information content (AvgIpc) is 2.35. The fraction of sp³-hybridized carbons (Fsp3) is 0.500. The van der Waals surface area contributed by atoms with Crippen molar-refractivity contribution in [3.8, 4) is 0 Å². The van der Waals surface area contributed by atoms with Gasteiger partial charge in [-0.15, -0.1) is 0 Å². The molecule has 0 atom stereocenters. The number of carbonyl (C=O) groups excluding carboxylic acids is 1. The van der Waals surface area contributed by atoms with Gasteiger partial charge in [0, 0.05) is 23.7 Å². The minimum atomic E-state index is 0.0345. The van der Waals surface area contributed by atoms with Crippen LogP contribution in [0.2, 0.25) is 5.02 Å². The smallest absolute Gasteiger partial charge is 0.225 e. The molecule has 0 spiro atoms. The van der Waals surface area contributed by atoms with Gasteiger partial charge in [0.15, 0.2) is 0 Å². The van der Waals surface area contributed by atoms with E-state index < -0.39 is 0 Å². The van der Waals surface area contributed by atoms with Crippen LogP contribution in [-0.2, 0) is 4.79 Å². The van der Waals surface area contributed by atoms with Crippen molar-refractivity contribution < 1.29 is 4.79 Å². The SMILES string of the molecule is CCN(CC)CCC(=O)Nc1cc(Cl)ccc1C. The summed E-state index contributed by atoms with van der Waals surface area (Å²) in [6.07, 6.45) is 0.508. The Balaban J connectivity index is 2.51. The number of halogens is 1. The van der Waals surface area contributed by atoms with Crippen LogP contribution in [0.25, 0.3) is 0 Å². The lowest BCUT2D eigenvalue weighted by Gasteiger charge is -2.17. The van der Waals surface area contributed by atoms with E-state index in [0.29, 0.717) is 11.4 Å². The van der Waals surface area contributed by atoms with Crippen molar-refractivity contribution in [2.45, 2.75) is 27.2 Å². The minimum absolute atomic E-state index is 0.0345. The number of amides is 1. The molecule has 0 radical (unpaired) electrons. The third-order valence-corrected chi connectivity index (χ3v) is 3.26. The van der Waals surface area contributed by atoms with Gasteiger partial charge < -0.3 is 10.2 Å². The molecule has 1 amide bonds.